The lowest BCUT2D eigenvalue weighted by Crippen LogP contribution is -2.39. The van der Waals surface area contributed by atoms with E-state index in [2.05, 4.69) is 54.7 Å². The lowest BCUT2D eigenvalue weighted by atomic mass is 9.95. The monoisotopic (exact) mass is 299 g/mol. The summed E-state index contributed by atoms with van der Waals surface area (Å²) in [5.41, 5.74) is 3.79. The number of nitrogens with one attached hydrogen (secondary N) is 1. The van der Waals surface area contributed by atoms with Crippen molar-refractivity contribution in [2.24, 2.45) is 0 Å². The topological polar surface area (TPSA) is 39.1 Å². The maximum absolute atomic E-state index is 6.05. The molecule has 1 aromatic heterocycles. The maximum atomic E-state index is 6.05. The van der Waals surface area contributed by atoms with Gasteiger partial charge in [0.05, 0.1) is 12.3 Å². The Morgan fingerprint density at radius 1 is 1.32 bits per heavy atom. The highest BCUT2D eigenvalue weighted by atomic mass is 16.5. The lowest BCUT2D eigenvalue weighted by molar-refractivity contribution is -0.0112. The van der Waals surface area contributed by atoms with Gasteiger partial charge in [0.25, 0.3) is 0 Å². The fraction of sp³-hybridized carbons (Fsp3) is 0.500. The van der Waals surface area contributed by atoms with Gasteiger partial charge in [0, 0.05) is 37.5 Å². The molecule has 4 nitrogen and oxygen atoms in total. The van der Waals surface area contributed by atoms with E-state index in [4.69, 9.17) is 4.74 Å². The standard InChI is InChI=1S/C18H25N3O/c1-3-21-13-15(12-20-21)11-19-17-5-4-10-22-18(17)16-8-6-14(2)7-9-16/h6-9,12-13,17-19H,3-5,10-11H2,1-2H3. The number of ether oxygens (including phenoxy) is 1. The van der Waals surface area contributed by atoms with Crippen LogP contribution in [0, 0.1) is 6.92 Å². The number of nitrogens with zero attached hydrogens (tertiary/aromatic N) is 2. The van der Waals surface area contributed by atoms with E-state index in [9.17, 15) is 0 Å². The van der Waals surface area contributed by atoms with E-state index in [1.165, 1.54) is 16.7 Å². The third-order valence-corrected chi connectivity index (χ3v) is 4.31. The third-order valence-electron chi connectivity index (χ3n) is 4.31. The molecule has 3 rings (SSSR count). The van der Waals surface area contributed by atoms with Crippen LogP contribution in [0.3, 0.4) is 0 Å². The smallest absolute Gasteiger partial charge is 0.0977 e. The van der Waals surface area contributed by atoms with Crippen LogP contribution in [0.1, 0.15) is 42.6 Å². The Labute approximate surface area is 132 Å². The van der Waals surface area contributed by atoms with Gasteiger partial charge in [0.15, 0.2) is 0 Å². The zero-order valence-corrected chi connectivity index (χ0v) is 13.5. The van der Waals surface area contributed by atoms with Gasteiger partial charge < -0.3 is 10.1 Å². The van der Waals surface area contributed by atoms with Crippen LogP contribution in [-0.4, -0.2) is 22.4 Å². The molecule has 0 aliphatic carbocycles. The summed E-state index contributed by atoms with van der Waals surface area (Å²) in [6, 6.07) is 9.07. The van der Waals surface area contributed by atoms with Gasteiger partial charge in [-0.05, 0) is 32.3 Å². The highest BCUT2D eigenvalue weighted by molar-refractivity contribution is 5.24. The molecule has 1 aromatic carbocycles. The first-order valence-corrected chi connectivity index (χ1v) is 8.19. The van der Waals surface area contributed by atoms with Crippen molar-refractivity contribution in [3.8, 4) is 0 Å². The molecule has 0 bridgehead atoms. The average molecular weight is 299 g/mol. The van der Waals surface area contributed by atoms with E-state index in [-0.39, 0.29) is 6.10 Å². The Bertz CT molecular complexity index is 591. The van der Waals surface area contributed by atoms with Crippen molar-refractivity contribution in [3.63, 3.8) is 0 Å². The lowest BCUT2D eigenvalue weighted by Gasteiger charge is -2.33. The molecule has 1 aliphatic heterocycles. The van der Waals surface area contributed by atoms with Crippen molar-refractivity contribution >= 4 is 0 Å². The molecule has 118 valence electrons. The van der Waals surface area contributed by atoms with E-state index < -0.39 is 0 Å². The van der Waals surface area contributed by atoms with Gasteiger partial charge >= 0.3 is 0 Å². The predicted octanol–water partition coefficient (Wildman–Crippen LogP) is 3.22. The summed E-state index contributed by atoms with van der Waals surface area (Å²) in [6.07, 6.45) is 6.48. The molecule has 2 heterocycles. The van der Waals surface area contributed by atoms with Gasteiger partial charge in [0.2, 0.25) is 0 Å². The van der Waals surface area contributed by atoms with Crippen LogP contribution in [0.25, 0.3) is 0 Å². The van der Waals surface area contributed by atoms with E-state index in [1.54, 1.807) is 0 Å². The van der Waals surface area contributed by atoms with Gasteiger partial charge in [-0.2, -0.15) is 5.10 Å². The first kappa shape index (κ1) is 15.3. The van der Waals surface area contributed by atoms with E-state index >= 15 is 0 Å². The second kappa shape index (κ2) is 7.07. The summed E-state index contributed by atoms with van der Waals surface area (Å²) in [4.78, 5) is 0. The fourth-order valence-corrected chi connectivity index (χ4v) is 2.99. The van der Waals surface area contributed by atoms with Crippen LogP contribution in [-0.2, 0) is 17.8 Å². The Hall–Kier alpha value is -1.65. The Kier molecular flexibility index (Phi) is 4.90. The highest BCUT2D eigenvalue weighted by Crippen LogP contribution is 2.28. The summed E-state index contributed by atoms with van der Waals surface area (Å²) in [6.45, 7) is 6.83. The summed E-state index contributed by atoms with van der Waals surface area (Å²) in [5.74, 6) is 0. The molecule has 1 saturated heterocycles. The first-order valence-electron chi connectivity index (χ1n) is 8.19. The third kappa shape index (κ3) is 3.57. The predicted molar refractivity (Wildman–Crippen MR) is 87.6 cm³/mol. The van der Waals surface area contributed by atoms with E-state index in [0.717, 1.165) is 32.5 Å². The fourth-order valence-electron chi connectivity index (χ4n) is 2.99. The summed E-state index contributed by atoms with van der Waals surface area (Å²) < 4.78 is 8.01. The second-order valence-electron chi connectivity index (χ2n) is 6.04. The molecule has 0 saturated carbocycles. The van der Waals surface area contributed by atoms with Crippen molar-refractivity contribution in [3.05, 3.63) is 53.3 Å². The zero-order chi connectivity index (χ0) is 15.4. The Morgan fingerprint density at radius 2 is 2.14 bits per heavy atom. The van der Waals surface area contributed by atoms with Gasteiger partial charge in [-0.15, -0.1) is 0 Å². The van der Waals surface area contributed by atoms with Crippen LogP contribution in [0.15, 0.2) is 36.7 Å². The van der Waals surface area contributed by atoms with Gasteiger partial charge in [0.1, 0.15) is 0 Å². The van der Waals surface area contributed by atoms with Gasteiger partial charge in [-0.3, -0.25) is 4.68 Å². The maximum Gasteiger partial charge on any atom is 0.0977 e. The van der Waals surface area contributed by atoms with Crippen LogP contribution in [0.5, 0.6) is 0 Å². The quantitative estimate of drug-likeness (QED) is 0.921. The number of aryl methyl sites for hydroxylation is 2. The molecule has 22 heavy (non-hydrogen) atoms. The number of rotatable bonds is 5. The number of benzene rings is 1. The SMILES string of the molecule is CCn1cc(CNC2CCCOC2c2ccc(C)cc2)cn1. The molecule has 0 amide bonds. The van der Waals surface area contributed by atoms with Crippen molar-refractivity contribution in [2.75, 3.05) is 6.61 Å². The number of hydrogen-bond acceptors (Lipinski definition) is 3. The minimum atomic E-state index is 0.149. The summed E-state index contributed by atoms with van der Waals surface area (Å²) in [7, 11) is 0. The summed E-state index contributed by atoms with van der Waals surface area (Å²) >= 11 is 0. The molecule has 0 radical (unpaired) electrons. The molecule has 0 spiro atoms. The van der Waals surface area contributed by atoms with Crippen LogP contribution in [0.2, 0.25) is 0 Å². The molecule has 1 N–H and O–H groups in total. The molecule has 2 aromatic rings. The first-order chi connectivity index (χ1) is 10.8. The average Bonchev–Trinajstić information content (AvgIpc) is 3.02. The minimum absolute atomic E-state index is 0.149. The minimum Gasteiger partial charge on any atom is -0.372 e. The molecule has 4 heteroatoms. The van der Waals surface area contributed by atoms with Gasteiger partial charge in [-0.25, -0.2) is 0 Å². The number of aromatic nitrogens is 2. The molecular formula is C18H25N3O. The van der Waals surface area contributed by atoms with Crippen molar-refractivity contribution in [1.82, 2.24) is 15.1 Å². The molecule has 1 fully saturated rings. The van der Waals surface area contributed by atoms with Crippen LogP contribution >= 0.6 is 0 Å². The van der Waals surface area contributed by atoms with Crippen LogP contribution in [0.4, 0.5) is 0 Å². The molecular weight excluding hydrogens is 274 g/mol. The van der Waals surface area contributed by atoms with Crippen molar-refractivity contribution < 1.29 is 4.74 Å². The zero-order valence-electron chi connectivity index (χ0n) is 13.5. The molecule has 2 unspecified atom stereocenters. The van der Waals surface area contributed by atoms with Crippen LogP contribution < -0.4 is 5.32 Å². The van der Waals surface area contributed by atoms with E-state index in [0.29, 0.717) is 6.04 Å². The van der Waals surface area contributed by atoms with Gasteiger partial charge in [-0.1, -0.05) is 29.8 Å². The van der Waals surface area contributed by atoms with Crippen molar-refractivity contribution in [2.45, 2.75) is 51.9 Å². The Balaban J connectivity index is 1.65. The normalized spacial score (nSPS) is 21.9. The van der Waals surface area contributed by atoms with E-state index in [1.807, 2.05) is 10.9 Å². The highest BCUT2D eigenvalue weighted by Gasteiger charge is 2.27. The second-order valence-corrected chi connectivity index (χ2v) is 6.04. The Morgan fingerprint density at radius 3 is 2.86 bits per heavy atom. The molecule has 1 aliphatic rings. The molecule has 2 atom stereocenters. The van der Waals surface area contributed by atoms with Crippen molar-refractivity contribution in [1.29, 1.82) is 0 Å². The number of hydrogen-bond donors (Lipinski definition) is 1. The largest absolute Gasteiger partial charge is 0.372 e. The summed E-state index contributed by atoms with van der Waals surface area (Å²) in [5, 5.41) is 7.99.